The summed E-state index contributed by atoms with van der Waals surface area (Å²) in [7, 11) is 0. The molecule has 2 aromatic rings. The standard InChI is InChI=1S/C26H29N3O2/c1-3-5-10-20(9-4-2)17-23(27)18-25(30)29-24-15-13-22(14-16-24)26(31)28-19-21-11-7-6-8-12-21/h4-16,18H,2-3,17,19,27H2,1H3,(H,28,31)(H,29,30)/b10-5-,20-9+,23-18-. The highest BCUT2D eigenvalue weighted by molar-refractivity contribution is 6.00. The van der Waals surface area contributed by atoms with Crippen LogP contribution in [0.25, 0.3) is 0 Å². The van der Waals surface area contributed by atoms with E-state index < -0.39 is 0 Å². The molecule has 0 saturated heterocycles. The summed E-state index contributed by atoms with van der Waals surface area (Å²) in [5, 5.41) is 5.63. The number of rotatable bonds is 10. The van der Waals surface area contributed by atoms with Gasteiger partial charge in [-0.15, -0.1) is 0 Å². The molecule has 0 bridgehead atoms. The first kappa shape index (κ1) is 23.4. The topological polar surface area (TPSA) is 84.2 Å². The van der Waals surface area contributed by atoms with Crippen LogP contribution in [0.3, 0.4) is 0 Å². The lowest BCUT2D eigenvalue weighted by Gasteiger charge is -2.07. The minimum atomic E-state index is -0.323. The molecule has 0 heterocycles. The van der Waals surface area contributed by atoms with Crippen molar-refractivity contribution < 1.29 is 9.59 Å². The van der Waals surface area contributed by atoms with Gasteiger partial charge in [-0.3, -0.25) is 9.59 Å². The van der Waals surface area contributed by atoms with Crippen molar-refractivity contribution in [3.8, 4) is 0 Å². The lowest BCUT2D eigenvalue weighted by molar-refractivity contribution is -0.112. The number of hydrogen-bond acceptors (Lipinski definition) is 3. The van der Waals surface area contributed by atoms with E-state index in [-0.39, 0.29) is 11.8 Å². The van der Waals surface area contributed by atoms with E-state index in [0.717, 1.165) is 17.6 Å². The van der Waals surface area contributed by atoms with Crippen molar-refractivity contribution >= 4 is 17.5 Å². The molecule has 4 N–H and O–H groups in total. The van der Waals surface area contributed by atoms with Gasteiger partial charge in [0.05, 0.1) is 0 Å². The summed E-state index contributed by atoms with van der Waals surface area (Å²) >= 11 is 0. The van der Waals surface area contributed by atoms with Crippen LogP contribution in [0.2, 0.25) is 0 Å². The number of hydrogen-bond donors (Lipinski definition) is 3. The molecule has 0 aliphatic rings. The molecular formula is C26H29N3O2. The second-order valence-corrected chi connectivity index (χ2v) is 6.92. The third kappa shape index (κ3) is 8.58. The molecule has 0 unspecified atom stereocenters. The number of carbonyl (C=O) groups is 2. The number of benzene rings is 2. The Morgan fingerprint density at radius 2 is 1.77 bits per heavy atom. The van der Waals surface area contributed by atoms with Crippen LogP contribution in [0, 0.1) is 0 Å². The van der Waals surface area contributed by atoms with Crippen molar-refractivity contribution in [1.82, 2.24) is 5.32 Å². The molecule has 0 aliphatic carbocycles. The van der Waals surface area contributed by atoms with E-state index in [0.29, 0.717) is 29.9 Å². The van der Waals surface area contributed by atoms with E-state index >= 15 is 0 Å². The molecule has 0 aliphatic heterocycles. The smallest absolute Gasteiger partial charge is 0.251 e. The van der Waals surface area contributed by atoms with E-state index in [1.807, 2.05) is 55.5 Å². The van der Waals surface area contributed by atoms with Gasteiger partial charge in [0.2, 0.25) is 5.91 Å². The zero-order valence-corrected chi connectivity index (χ0v) is 17.8. The van der Waals surface area contributed by atoms with Crippen LogP contribution in [-0.4, -0.2) is 11.8 Å². The Labute approximate surface area is 184 Å². The first-order chi connectivity index (χ1) is 15.0. The van der Waals surface area contributed by atoms with Crippen molar-refractivity contribution in [3.63, 3.8) is 0 Å². The molecule has 0 spiro atoms. The van der Waals surface area contributed by atoms with E-state index in [1.165, 1.54) is 6.08 Å². The van der Waals surface area contributed by atoms with Gasteiger partial charge in [0.1, 0.15) is 0 Å². The lowest BCUT2D eigenvalue weighted by atomic mass is 10.1. The SMILES string of the molecule is C=C/C=C(\C=C/CC)C/C(N)=C/C(=O)Nc1ccc(C(=O)NCc2ccccc2)cc1. The van der Waals surface area contributed by atoms with Gasteiger partial charge in [-0.1, -0.05) is 68.1 Å². The Morgan fingerprint density at radius 3 is 2.42 bits per heavy atom. The summed E-state index contributed by atoms with van der Waals surface area (Å²) in [6.07, 6.45) is 10.3. The number of carbonyl (C=O) groups excluding carboxylic acids is 2. The largest absolute Gasteiger partial charge is 0.402 e. The Balaban J connectivity index is 1.91. The van der Waals surface area contributed by atoms with Gasteiger partial charge >= 0.3 is 0 Å². The van der Waals surface area contributed by atoms with Crippen LogP contribution in [0.4, 0.5) is 5.69 Å². The third-order valence-electron chi connectivity index (χ3n) is 4.33. The van der Waals surface area contributed by atoms with Crippen LogP contribution < -0.4 is 16.4 Å². The van der Waals surface area contributed by atoms with Gasteiger partial charge < -0.3 is 16.4 Å². The summed E-state index contributed by atoms with van der Waals surface area (Å²) in [5.74, 6) is -0.497. The number of nitrogens with two attached hydrogens (primary N) is 1. The summed E-state index contributed by atoms with van der Waals surface area (Å²) < 4.78 is 0. The number of amides is 2. The average Bonchev–Trinajstić information content (AvgIpc) is 2.77. The van der Waals surface area contributed by atoms with Gasteiger partial charge in [0.25, 0.3) is 5.91 Å². The van der Waals surface area contributed by atoms with E-state index in [4.69, 9.17) is 5.73 Å². The summed E-state index contributed by atoms with van der Waals surface area (Å²) in [6.45, 7) is 6.21. The van der Waals surface area contributed by atoms with Crippen molar-refractivity contribution in [3.05, 3.63) is 114 Å². The van der Waals surface area contributed by atoms with Crippen LogP contribution >= 0.6 is 0 Å². The number of allylic oxidation sites excluding steroid dienone is 5. The maximum absolute atomic E-state index is 12.3. The van der Waals surface area contributed by atoms with E-state index in [2.05, 4.69) is 17.2 Å². The van der Waals surface area contributed by atoms with Gasteiger partial charge in [-0.2, -0.15) is 0 Å². The van der Waals surface area contributed by atoms with Gasteiger partial charge in [0.15, 0.2) is 0 Å². The molecule has 0 aromatic heterocycles. The zero-order valence-electron chi connectivity index (χ0n) is 17.8. The minimum absolute atomic E-state index is 0.174. The molecule has 0 radical (unpaired) electrons. The van der Waals surface area contributed by atoms with E-state index in [1.54, 1.807) is 30.3 Å². The van der Waals surface area contributed by atoms with Gasteiger partial charge in [0, 0.05) is 36.0 Å². The zero-order chi connectivity index (χ0) is 22.5. The van der Waals surface area contributed by atoms with Crippen LogP contribution in [0.1, 0.15) is 35.7 Å². The molecule has 0 fully saturated rings. The highest BCUT2D eigenvalue weighted by Gasteiger charge is 2.07. The Bertz CT molecular complexity index is 971. The Hall–Kier alpha value is -3.86. The summed E-state index contributed by atoms with van der Waals surface area (Å²) in [5.41, 5.74) is 9.57. The molecular weight excluding hydrogens is 386 g/mol. The maximum atomic E-state index is 12.3. The van der Waals surface area contributed by atoms with Crippen molar-refractivity contribution in [2.45, 2.75) is 26.3 Å². The second-order valence-electron chi connectivity index (χ2n) is 6.92. The molecule has 0 saturated carbocycles. The number of nitrogens with one attached hydrogen (secondary N) is 2. The molecule has 2 aromatic carbocycles. The summed E-state index contributed by atoms with van der Waals surface area (Å²) in [4.78, 5) is 24.5. The first-order valence-corrected chi connectivity index (χ1v) is 10.2. The van der Waals surface area contributed by atoms with Crippen molar-refractivity contribution in [2.24, 2.45) is 5.73 Å². The molecule has 160 valence electrons. The molecule has 2 rings (SSSR count). The quantitative estimate of drug-likeness (QED) is 0.382. The highest BCUT2D eigenvalue weighted by Crippen LogP contribution is 2.12. The highest BCUT2D eigenvalue weighted by atomic mass is 16.2. The fraction of sp³-hybridized carbons (Fsp3) is 0.154. The van der Waals surface area contributed by atoms with Crippen LogP contribution in [-0.2, 0) is 11.3 Å². The number of anilines is 1. The van der Waals surface area contributed by atoms with Crippen LogP contribution in [0.5, 0.6) is 0 Å². The van der Waals surface area contributed by atoms with Gasteiger partial charge in [-0.05, 0) is 41.8 Å². The fourth-order valence-electron chi connectivity index (χ4n) is 2.81. The molecule has 0 atom stereocenters. The van der Waals surface area contributed by atoms with Gasteiger partial charge in [-0.25, -0.2) is 0 Å². The second kappa shape index (κ2) is 12.6. The predicted octanol–water partition coefficient (Wildman–Crippen LogP) is 4.87. The van der Waals surface area contributed by atoms with Crippen LogP contribution in [0.15, 0.2) is 103 Å². The maximum Gasteiger partial charge on any atom is 0.251 e. The molecule has 31 heavy (non-hydrogen) atoms. The average molecular weight is 416 g/mol. The first-order valence-electron chi connectivity index (χ1n) is 10.2. The lowest BCUT2D eigenvalue weighted by Crippen LogP contribution is -2.22. The Morgan fingerprint density at radius 1 is 1.06 bits per heavy atom. The molecule has 5 nitrogen and oxygen atoms in total. The normalized spacial score (nSPS) is 11.9. The van der Waals surface area contributed by atoms with E-state index in [9.17, 15) is 9.59 Å². The Kier molecular flexibility index (Phi) is 9.56. The predicted molar refractivity (Wildman–Crippen MR) is 127 cm³/mol. The van der Waals surface area contributed by atoms with Crippen molar-refractivity contribution in [2.75, 3.05) is 5.32 Å². The molecule has 5 heteroatoms. The molecule has 2 amide bonds. The summed E-state index contributed by atoms with van der Waals surface area (Å²) in [6, 6.07) is 16.4. The van der Waals surface area contributed by atoms with Crippen molar-refractivity contribution in [1.29, 1.82) is 0 Å². The minimum Gasteiger partial charge on any atom is -0.402 e. The fourth-order valence-corrected chi connectivity index (χ4v) is 2.81. The monoisotopic (exact) mass is 415 g/mol. The third-order valence-corrected chi connectivity index (χ3v) is 4.33.